The highest BCUT2D eigenvalue weighted by atomic mass is 16.6. The number of non-ortho nitro benzene ring substituents is 1. The fourth-order valence-corrected chi connectivity index (χ4v) is 4.90. The number of carbonyl (C=O) groups is 2. The third-order valence-electron chi connectivity index (χ3n) is 6.04. The molecule has 0 spiro atoms. The number of nitrogens with zero attached hydrogens (tertiary/aromatic N) is 3. The first-order valence-corrected chi connectivity index (χ1v) is 8.41. The summed E-state index contributed by atoms with van der Waals surface area (Å²) in [5.41, 5.74) is 0.424. The van der Waals surface area contributed by atoms with Crippen molar-refractivity contribution in [3.8, 4) is 0 Å². The fourth-order valence-electron chi connectivity index (χ4n) is 4.90. The first kappa shape index (κ1) is 14.5. The van der Waals surface area contributed by atoms with Crippen LogP contribution in [0, 0.1) is 45.6 Å². The second kappa shape index (κ2) is 4.84. The number of hydrogen-bond acceptors (Lipinski definition) is 5. The monoisotopic (exact) mass is 337 g/mol. The van der Waals surface area contributed by atoms with Gasteiger partial charge in [0.25, 0.3) is 17.5 Å². The van der Waals surface area contributed by atoms with Crippen molar-refractivity contribution >= 4 is 23.7 Å². The van der Waals surface area contributed by atoms with E-state index in [9.17, 15) is 19.7 Å². The van der Waals surface area contributed by atoms with Gasteiger partial charge in [-0.3, -0.25) is 19.7 Å². The van der Waals surface area contributed by atoms with E-state index in [1.807, 2.05) is 0 Å². The molecule has 1 saturated heterocycles. The number of benzene rings is 1. The van der Waals surface area contributed by atoms with E-state index in [4.69, 9.17) is 0 Å². The molecule has 3 fully saturated rings. The van der Waals surface area contributed by atoms with Crippen molar-refractivity contribution < 1.29 is 14.5 Å². The minimum atomic E-state index is -0.492. The molecule has 1 aromatic rings. The van der Waals surface area contributed by atoms with E-state index >= 15 is 0 Å². The van der Waals surface area contributed by atoms with Crippen molar-refractivity contribution in [3.63, 3.8) is 0 Å². The Kier molecular flexibility index (Phi) is 2.81. The average Bonchev–Trinajstić information content (AvgIpc) is 3.39. The van der Waals surface area contributed by atoms with Crippen molar-refractivity contribution in [1.29, 1.82) is 0 Å². The highest BCUT2D eigenvalue weighted by Crippen LogP contribution is 2.65. The van der Waals surface area contributed by atoms with Crippen molar-refractivity contribution in [1.82, 2.24) is 5.01 Å². The van der Waals surface area contributed by atoms with E-state index in [0.717, 1.165) is 11.4 Å². The summed E-state index contributed by atoms with van der Waals surface area (Å²) in [5, 5.41) is 15.9. The Bertz CT molecular complexity index is 841. The lowest BCUT2D eigenvalue weighted by molar-refractivity contribution is -0.384. The number of nitro benzene ring substituents is 1. The minimum absolute atomic E-state index is 0.0565. The van der Waals surface area contributed by atoms with Crippen LogP contribution in [0.15, 0.2) is 41.5 Å². The summed E-state index contributed by atoms with van der Waals surface area (Å²) in [6.07, 6.45) is 6.68. The number of amides is 2. The van der Waals surface area contributed by atoms with Crippen LogP contribution < -0.4 is 0 Å². The van der Waals surface area contributed by atoms with Crippen molar-refractivity contribution in [2.45, 2.75) is 6.42 Å². The van der Waals surface area contributed by atoms with Gasteiger partial charge in [0.2, 0.25) is 0 Å². The third-order valence-corrected chi connectivity index (χ3v) is 6.04. The molecule has 4 aliphatic carbocycles. The molecule has 126 valence electrons. The molecule has 25 heavy (non-hydrogen) atoms. The molecule has 1 heterocycles. The van der Waals surface area contributed by atoms with Crippen molar-refractivity contribution in [3.05, 3.63) is 52.1 Å². The van der Waals surface area contributed by atoms with Gasteiger partial charge >= 0.3 is 0 Å². The van der Waals surface area contributed by atoms with E-state index in [0.29, 0.717) is 17.4 Å². The number of hydrogen-bond donors (Lipinski definition) is 0. The maximum atomic E-state index is 12.7. The maximum absolute atomic E-state index is 12.7. The summed E-state index contributed by atoms with van der Waals surface area (Å²) in [6, 6.07) is 5.94. The molecule has 2 saturated carbocycles. The van der Waals surface area contributed by atoms with E-state index in [1.54, 1.807) is 12.1 Å². The smallest absolute Gasteiger partial charge is 0.270 e. The quantitative estimate of drug-likeness (QED) is 0.277. The first-order valence-electron chi connectivity index (χ1n) is 8.41. The molecule has 1 aromatic carbocycles. The zero-order chi connectivity index (χ0) is 17.3. The van der Waals surface area contributed by atoms with Gasteiger partial charge in [-0.25, -0.2) is 0 Å². The summed E-state index contributed by atoms with van der Waals surface area (Å²) in [6.45, 7) is 0. The second-order valence-electron chi connectivity index (χ2n) is 7.24. The van der Waals surface area contributed by atoms with Gasteiger partial charge in [0.05, 0.1) is 23.0 Å². The van der Waals surface area contributed by atoms with Crippen molar-refractivity contribution in [2.75, 3.05) is 0 Å². The van der Waals surface area contributed by atoms with Crippen LogP contribution in [0.3, 0.4) is 0 Å². The number of nitro groups is 1. The highest BCUT2D eigenvalue weighted by molar-refractivity contribution is 6.06. The molecule has 6 rings (SSSR count). The Morgan fingerprint density at radius 1 is 1.12 bits per heavy atom. The molecule has 7 nitrogen and oxygen atoms in total. The molecule has 1 aliphatic heterocycles. The summed E-state index contributed by atoms with van der Waals surface area (Å²) >= 11 is 0. The van der Waals surface area contributed by atoms with Gasteiger partial charge in [0.15, 0.2) is 0 Å². The van der Waals surface area contributed by atoms with Gasteiger partial charge in [-0.05, 0) is 30.1 Å². The number of hydrazone groups is 1. The van der Waals surface area contributed by atoms with Crippen LogP contribution in [-0.2, 0) is 9.59 Å². The van der Waals surface area contributed by atoms with E-state index in [1.165, 1.54) is 18.3 Å². The zero-order valence-corrected chi connectivity index (χ0v) is 13.2. The Labute approximate surface area is 143 Å². The predicted octanol–water partition coefficient (Wildman–Crippen LogP) is 1.98. The number of imide groups is 1. The number of rotatable bonds is 3. The van der Waals surface area contributed by atoms with Crippen molar-refractivity contribution in [2.24, 2.45) is 40.6 Å². The van der Waals surface area contributed by atoms with Crippen LogP contribution in [0.5, 0.6) is 0 Å². The Morgan fingerprint density at radius 3 is 2.36 bits per heavy atom. The van der Waals surface area contributed by atoms with Crippen LogP contribution in [0.2, 0.25) is 0 Å². The maximum Gasteiger partial charge on any atom is 0.270 e. The third kappa shape index (κ3) is 1.95. The van der Waals surface area contributed by atoms with E-state index in [-0.39, 0.29) is 41.2 Å². The van der Waals surface area contributed by atoms with Crippen LogP contribution in [-0.4, -0.2) is 28.0 Å². The Morgan fingerprint density at radius 2 is 1.76 bits per heavy atom. The molecular weight excluding hydrogens is 322 g/mol. The topological polar surface area (TPSA) is 92.9 Å². The summed E-state index contributed by atoms with van der Waals surface area (Å²) in [5.74, 6) is 0.385. The molecule has 6 atom stereocenters. The summed E-state index contributed by atoms with van der Waals surface area (Å²) in [4.78, 5) is 35.8. The summed E-state index contributed by atoms with van der Waals surface area (Å²) < 4.78 is 0. The number of carbonyl (C=O) groups excluding carboxylic acids is 2. The fraction of sp³-hybridized carbons (Fsp3) is 0.389. The molecule has 7 heteroatoms. The average molecular weight is 337 g/mol. The SMILES string of the molecule is O=C1[C@@H]2[C@H]3C=C[C@@H]([C@@H]4C[C@@H]34)[C@H]2C(=O)N1/N=C\c1cccc([N+](=O)[O-])c1. The molecule has 5 aliphatic rings. The van der Waals surface area contributed by atoms with E-state index in [2.05, 4.69) is 17.3 Å². The van der Waals surface area contributed by atoms with Crippen LogP contribution in [0.1, 0.15) is 12.0 Å². The molecular formula is C18H15N3O4. The molecule has 2 amide bonds. The molecule has 0 radical (unpaired) electrons. The molecule has 2 bridgehead atoms. The Balaban J connectivity index is 1.43. The molecule has 0 aromatic heterocycles. The van der Waals surface area contributed by atoms with E-state index < -0.39 is 4.92 Å². The predicted molar refractivity (Wildman–Crippen MR) is 87.2 cm³/mol. The highest BCUT2D eigenvalue weighted by Gasteiger charge is 2.67. The second-order valence-corrected chi connectivity index (χ2v) is 7.24. The first-order chi connectivity index (χ1) is 12.1. The normalized spacial score (nSPS) is 37.5. The molecule has 0 unspecified atom stereocenters. The van der Waals surface area contributed by atoms with Gasteiger partial charge in [0, 0.05) is 17.7 Å². The lowest BCUT2D eigenvalue weighted by Gasteiger charge is -2.37. The molecule has 0 N–H and O–H groups in total. The van der Waals surface area contributed by atoms with Gasteiger partial charge < -0.3 is 0 Å². The van der Waals surface area contributed by atoms with Gasteiger partial charge in [-0.2, -0.15) is 10.1 Å². The van der Waals surface area contributed by atoms with Gasteiger partial charge in [-0.15, -0.1) is 0 Å². The standard InChI is InChI=1S/C18H15N3O4/c22-17-15-11-4-5-12(14-7-13(11)14)16(15)18(23)20(17)19-8-9-2-1-3-10(6-9)21(24)25/h1-6,8,11-16H,7H2/b19-8-/t11-,12-,13-,14-,15+,16+/m0/s1. The number of allylic oxidation sites excluding steroid dienone is 2. The zero-order valence-electron chi connectivity index (χ0n) is 13.2. The van der Waals surface area contributed by atoms with Gasteiger partial charge in [-0.1, -0.05) is 24.3 Å². The van der Waals surface area contributed by atoms with Crippen LogP contribution in [0.25, 0.3) is 0 Å². The lowest BCUT2D eigenvalue weighted by Crippen LogP contribution is -2.40. The largest absolute Gasteiger partial charge is 0.272 e. The van der Waals surface area contributed by atoms with Crippen LogP contribution >= 0.6 is 0 Å². The van der Waals surface area contributed by atoms with Gasteiger partial charge in [0.1, 0.15) is 0 Å². The Hall–Kier alpha value is -2.83. The lowest BCUT2D eigenvalue weighted by atomic mass is 9.63. The summed E-state index contributed by atoms with van der Waals surface area (Å²) in [7, 11) is 0. The minimum Gasteiger partial charge on any atom is -0.272 e. The van der Waals surface area contributed by atoms with Crippen LogP contribution in [0.4, 0.5) is 5.69 Å².